The maximum absolute atomic E-state index is 9.52. The number of aliphatic hydroxyl groups is 1. The van der Waals surface area contributed by atoms with Crippen molar-refractivity contribution in [2.45, 2.75) is 33.5 Å². The monoisotopic (exact) mass is 263 g/mol. The van der Waals surface area contributed by atoms with E-state index in [0.717, 1.165) is 26.9 Å². The first kappa shape index (κ1) is 13.1. The number of ether oxygens (including phenoxy) is 1. The third-order valence-electron chi connectivity index (χ3n) is 2.71. The molecule has 1 aromatic heterocycles. The average Bonchev–Trinajstić information content (AvgIpc) is 2.65. The molecule has 0 aliphatic carbocycles. The Kier molecular flexibility index (Phi) is 3.99. The second-order valence-electron chi connectivity index (χ2n) is 4.28. The molecule has 0 amide bonds. The van der Waals surface area contributed by atoms with Crippen molar-refractivity contribution in [1.29, 1.82) is 0 Å². The van der Waals surface area contributed by atoms with Gasteiger partial charge in [-0.1, -0.05) is 12.1 Å². The summed E-state index contributed by atoms with van der Waals surface area (Å²) in [6.45, 7) is 6.26. The van der Waals surface area contributed by atoms with Crippen LogP contribution in [0.3, 0.4) is 0 Å². The van der Waals surface area contributed by atoms with Crippen molar-refractivity contribution >= 4 is 11.3 Å². The Labute approximate surface area is 111 Å². The minimum Gasteiger partial charge on any atom is -0.488 e. The maximum Gasteiger partial charge on any atom is 0.124 e. The molecule has 4 heteroatoms. The summed E-state index contributed by atoms with van der Waals surface area (Å²) in [6, 6.07) is 7.55. The van der Waals surface area contributed by atoms with Gasteiger partial charge in [-0.25, -0.2) is 4.98 Å². The number of hydrogen-bond donors (Lipinski definition) is 1. The van der Waals surface area contributed by atoms with E-state index in [1.807, 2.05) is 38.1 Å². The lowest BCUT2D eigenvalue weighted by Gasteiger charge is -2.09. The highest BCUT2D eigenvalue weighted by molar-refractivity contribution is 7.11. The summed E-state index contributed by atoms with van der Waals surface area (Å²) in [5, 5.41) is 10.6. The largest absolute Gasteiger partial charge is 0.488 e. The van der Waals surface area contributed by atoms with Gasteiger partial charge in [0.05, 0.1) is 21.7 Å². The topological polar surface area (TPSA) is 42.4 Å². The first-order valence-electron chi connectivity index (χ1n) is 5.90. The zero-order chi connectivity index (χ0) is 13.1. The molecule has 0 bridgehead atoms. The molecule has 3 nitrogen and oxygen atoms in total. The number of rotatable bonds is 4. The Morgan fingerprint density at radius 3 is 2.78 bits per heavy atom. The molecule has 0 spiro atoms. The fourth-order valence-electron chi connectivity index (χ4n) is 1.72. The molecule has 0 saturated carbocycles. The molecule has 0 radical (unpaired) electrons. The van der Waals surface area contributed by atoms with Crippen LogP contribution >= 0.6 is 11.3 Å². The molecule has 18 heavy (non-hydrogen) atoms. The summed E-state index contributed by atoms with van der Waals surface area (Å²) < 4.78 is 5.74. The molecular formula is C14H17NO2S. The zero-order valence-corrected chi connectivity index (χ0v) is 11.6. The van der Waals surface area contributed by atoms with Crippen LogP contribution in [-0.2, 0) is 6.61 Å². The lowest BCUT2D eigenvalue weighted by atomic mass is 10.1. The van der Waals surface area contributed by atoms with Gasteiger partial charge in [-0.15, -0.1) is 11.3 Å². The normalized spacial score (nSPS) is 12.4. The number of hydrogen-bond acceptors (Lipinski definition) is 4. The number of nitrogens with zero attached hydrogens (tertiary/aromatic N) is 1. The van der Waals surface area contributed by atoms with E-state index < -0.39 is 6.10 Å². The Bertz CT molecular complexity index is 534. The summed E-state index contributed by atoms with van der Waals surface area (Å²) in [5.41, 5.74) is 1.90. The molecule has 2 rings (SSSR count). The fraction of sp³-hybridized carbons (Fsp3) is 0.357. The van der Waals surface area contributed by atoms with E-state index in [-0.39, 0.29) is 0 Å². The van der Waals surface area contributed by atoms with E-state index in [2.05, 4.69) is 4.98 Å². The highest BCUT2D eigenvalue weighted by Gasteiger charge is 2.06. The van der Waals surface area contributed by atoms with Crippen molar-refractivity contribution < 1.29 is 9.84 Å². The molecule has 1 unspecified atom stereocenters. The minimum atomic E-state index is -0.471. The van der Waals surface area contributed by atoms with Crippen molar-refractivity contribution in [3.05, 3.63) is 45.4 Å². The van der Waals surface area contributed by atoms with Crippen LogP contribution < -0.4 is 4.74 Å². The SMILES string of the molecule is Cc1nc(C)c(COc2cccc(C(C)O)c2)s1. The Hall–Kier alpha value is -1.39. The van der Waals surface area contributed by atoms with E-state index in [0.29, 0.717) is 6.61 Å². The summed E-state index contributed by atoms with van der Waals surface area (Å²) in [5.74, 6) is 0.777. The van der Waals surface area contributed by atoms with Crippen molar-refractivity contribution in [3.63, 3.8) is 0 Å². The van der Waals surface area contributed by atoms with Gasteiger partial charge in [0.25, 0.3) is 0 Å². The van der Waals surface area contributed by atoms with E-state index in [9.17, 15) is 5.11 Å². The van der Waals surface area contributed by atoms with Crippen molar-refractivity contribution in [2.75, 3.05) is 0 Å². The molecule has 1 heterocycles. The van der Waals surface area contributed by atoms with Gasteiger partial charge in [-0.2, -0.15) is 0 Å². The molecular weight excluding hydrogens is 246 g/mol. The molecule has 1 atom stereocenters. The highest BCUT2D eigenvalue weighted by atomic mass is 32.1. The Morgan fingerprint density at radius 2 is 2.17 bits per heavy atom. The standard InChI is InChI=1S/C14H17NO2S/c1-9-14(18-11(3)15-9)8-17-13-6-4-5-12(7-13)10(2)16/h4-7,10,16H,8H2,1-3H3. The molecule has 0 aliphatic heterocycles. The van der Waals surface area contributed by atoms with Crippen LogP contribution in [0.25, 0.3) is 0 Å². The number of aromatic nitrogens is 1. The fourth-order valence-corrected chi connectivity index (χ4v) is 2.57. The van der Waals surface area contributed by atoms with Crippen molar-refractivity contribution in [2.24, 2.45) is 0 Å². The Morgan fingerprint density at radius 1 is 1.39 bits per heavy atom. The first-order chi connectivity index (χ1) is 8.56. The second-order valence-corrected chi connectivity index (χ2v) is 5.57. The van der Waals surface area contributed by atoms with Crippen LogP contribution in [0.4, 0.5) is 0 Å². The number of aliphatic hydroxyl groups excluding tert-OH is 1. The smallest absolute Gasteiger partial charge is 0.124 e. The van der Waals surface area contributed by atoms with Crippen LogP contribution in [0.2, 0.25) is 0 Å². The first-order valence-corrected chi connectivity index (χ1v) is 6.71. The third kappa shape index (κ3) is 3.09. The predicted molar refractivity (Wildman–Crippen MR) is 73.0 cm³/mol. The van der Waals surface area contributed by atoms with Crippen molar-refractivity contribution in [1.82, 2.24) is 4.98 Å². The van der Waals surface area contributed by atoms with E-state index in [4.69, 9.17) is 4.74 Å². The molecule has 0 aliphatic rings. The summed E-state index contributed by atoms with van der Waals surface area (Å²) >= 11 is 1.66. The predicted octanol–water partition coefficient (Wildman–Crippen LogP) is 3.39. The average molecular weight is 263 g/mol. The number of aryl methyl sites for hydroxylation is 2. The molecule has 1 N–H and O–H groups in total. The van der Waals surface area contributed by atoms with Crippen LogP contribution in [0.1, 0.15) is 34.2 Å². The minimum absolute atomic E-state index is 0.471. The lowest BCUT2D eigenvalue weighted by Crippen LogP contribution is -1.97. The summed E-state index contributed by atoms with van der Waals surface area (Å²) in [6.07, 6.45) is -0.471. The summed E-state index contributed by atoms with van der Waals surface area (Å²) in [7, 11) is 0. The molecule has 2 aromatic rings. The summed E-state index contributed by atoms with van der Waals surface area (Å²) in [4.78, 5) is 5.52. The van der Waals surface area contributed by atoms with Crippen LogP contribution in [-0.4, -0.2) is 10.1 Å². The second kappa shape index (κ2) is 5.50. The van der Waals surface area contributed by atoms with E-state index >= 15 is 0 Å². The quantitative estimate of drug-likeness (QED) is 0.919. The number of benzene rings is 1. The highest BCUT2D eigenvalue weighted by Crippen LogP contribution is 2.22. The van der Waals surface area contributed by atoms with Gasteiger partial charge in [0.15, 0.2) is 0 Å². The van der Waals surface area contributed by atoms with Gasteiger partial charge in [0.1, 0.15) is 12.4 Å². The molecule has 0 saturated heterocycles. The molecule has 1 aromatic carbocycles. The molecule has 0 fully saturated rings. The number of thiazole rings is 1. The van der Waals surface area contributed by atoms with Crippen LogP contribution in [0.15, 0.2) is 24.3 Å². The van der Waals surface area contributed by atoms with Gasteiger partial charge < -0.3 is 9.84 Å². The van der Waals surface area contributed by atoms with Gasteiger partial charge in [-0.3, -0.25) is 0 Å². The zero-order valence-electron chi connectivity index (χ0n) is 10.8. The van der Waals surface area contributed by atoms with Gasteiger partial charge in [0.2, 0.25) is 0 Å². The van der Waals surface area contributed by atoms with E-state index in [1.165, 1.54) is 0 Å². The third-order valence-corrected chi connectivity index (χ3v) is 3.76. The van der Waals surface area contributed by atoms with Crippen molar-refractivity contribution in [3.8, 4) is 5.75 Å². The molecule has 96 valence electrons. The van der Waals surface area contributed by atoms with Crippen LogP contribution in [0, 0.1) is 13.8 Å². The lowest BCUT2D eigenvalue weighted by molar-refractivity contribution is 0.198. The van der Waals surface area contributed by atoms with E-state index in [1.54, 1.807) is 18.3 Å². The van der Waals surface area contributed by atoms with Crippen LogP contribution in [0.5, 0.6) is 5.75 Å². The Balaban J connectivity index is 2.06. The van der Waals surface area contributed by atoms with Gasteiger partial charge in [0, 0.05) is 0 Å². The van der Waals surface area contributed by atoms with Gasteiger partial charge >= 0.3 is 0 Å². The van der Waals surface area contributed by atoms with Gasteiger partial charge in [-0.05, 0) is 38.5 Å². The maximum atomic E-state index is 9.52.